The van der Waals surface area contributed by atoms with Gasteiger partial charge in [0.25, 0.3) is 0 Å². The van der Waals surface area contributed by atoms with Crippen molar-refractivity contribution in [1.29, 1.82) is 0 Å². The first-order valence-corrected chi connectivity index (χ1v) is 19.2. The van der Waals surface area contributed by atoms with Gasteiger partial charge in [0.05, 0.1) is 38.4 Å². The summed E-state index contributed by atoms with van der Waals surface area (Å²) in [6.07, 6.45) is 3.11. The number of halogens is 2. The minimum atomic E-state index is -3.31. The highest BCUT2D eigenvalue weighted by Gasteiger charge is 2.17. The Morgan fingerprint density at radius 2 is 1.80 bits per heavy atom. The highest BCUT2D eigenvalue weighted by molar-refractivity contribution is 9.10. The molecule has 9 nitrogen and oxygen atoms in total. The summed E-state index contributed by atoms with van der Waals surface area (Å²) < 4.78 is 51.2. The molecular weight excluding hydrogens is 741 g/mol. The van der Waals surface area contributed by atoms with E-state index in [0.29, 0.717) is 34.3 Å². The van der Waals surface area contributed by atoms with Crippen molar-refractivity contribution in [3.8, 4) is 22.8 Å². The van der Waals surface area contributed by atoms with Crippen LogP contribution in [0.5, 0.6) is 11.5 Å². The molecule has 0 amide bonds. The summed E-state index contributed by atoms with van der Waals surface area (Å²) in [5, 5.41) is 7.20. The molecule has 50 heavy (non-hydrogen) atoms. The first-order valence-electron chi connectivity index (χ1n) is 15.9. The smallest absolute Gasteiger partial charge is 0.179 e. The Kier molecular flexibility index (Phi) is 11.4. The maximum atomic E-state index is 13.6. The van der Waals surface area contributed by atoms with E-state index in [4.69, 9.17) is 14.5 Å². The van der Waals surface area contributed by atoms with E-state index in [9.17, 15) is 12.8 Å². The topological polar surface area (TPSA) is 107 Å². The van der Waals surface area contributed by atoms with Gasteiger partial charge < -0.3 is 19.7 Å². The largest absolute Gasteiger partial charge is 0.496 e. The molecule has 0 atom stereocenters. The number of hydrogen-bond donors (Lipinski definition) is 1. The van der Waals surface area contributed by atoms with Crippen molar-refractivity contribution >= 4 is 59.5 Å². The third-order valence-corrected chi connectivity index (χ3v) is 11.3. The van der Waals surface area contributed by atoms with E-state index in [0.717, 1.165) is 56.8 Å². The third-order valence-electron chi connectivity index (χ3n) is 8.04. The van der Waals surface area contributed by atoms with Gasteiger partial charge in [0.2, 0.25) is 0 Å². The van der Waals surface area contributed by atoms with Crippen LogP contribution in [0.1, 0.15) is 17.0 Å². The van der Waals surface area contributed by atoms with Crippen molar-refractivity contribution in [3.05, 3.63) is 117 Å². The summed E-state index contributed by atoms with van der Waals surface area (Å²) >= 11 is 5.17. The summed E-state index contributed by atoms with van der Waals surface area (Å²) in [5.41, 5.74) is 3.85. The molecule has 6 rings (SSSR count). The molecule has 4 aromatic carbocycles. The van der Waals surface area contributed by atoms with Crippen LogP contribution in [0.4, 0.5) is 15.9 Å². The van der Waals surface area contributed by atoms with Crippen LogP contribution in [0.2, 0.25) is 0 Å². The van der Waals surface area contributed by atoms with Crippen molar-refractivity contribution in [3.63, 3.8) is 0 Å². The number of benzene rings is 4. The summed E-state index contributed by atoms with van der Waals surface area (Å²) in [6, 6.07) is 24.4. The molecule has 0 saturated carbocycles. The maximum absolute atomic E-state index is 13.6. The third kappa shape index (κ3) is 8.83. The van der Waals surface area contributed by atoms with Crippen LogP contribution in [0.15, 0.2) is 106 Å². The zero-order chi connectivity index (χ0) is 35.1. The second-order valence-corrected chi connectivity index (χ2v) is 15.6. The molecule has 2 heterocycles. The van der Waals surface area contributed by atoms with Crippen LogP contribution in [0.3, 0.4) is 0 Å². The fourth-order valence-corrected chi connectivity index (χ4v) is 8.05. The van der Waals surface area contributed by atoms with Gasteiger partial charge in [-0.3, -0.25) is 0 Å². The fourth-order valence-electron chi connectivity index (χ4n) is 5.36. The quantitative estimate of drug-likeness (QED) is 0.110. The number of anilines is 2. The second kappa shape index (κ2) is 16.1. The average Bonchev–Trinajstić information content (AvgIpc) is 3.59. The number of aryl methyl sites for hydroxylation is 1. The van der Waals surface area contributed by atoms with Crippen LogP contribution < -0.4 is 14.8 Å². The van der Waals surface area contributed by atoms with Crippen molar-refractivity contribution in [2.45, 2.75) is 24.3 Å². The van der Waals surface area contributed by atoms with Crippen molar-refractivity contribution < 1.29 is 22.3 Å². The standard InChI is InChI=1S/C37H35BrFN5O4S2/c1-44(16-17-50(45,46)28-10-4-3-5-11-28)15-7-12-36-43-33(23-49-36)29-20-30-32(21-35(29)47-2)40-24-41-37(30)42-27-13-14-34(31(38)19-27)48-22-25-8-6-9-26(39)18-25/h3-6,8-11,13-14,18-21,23-24H,7,12,15-17,22H2,1-2H3,(H,40,41,42). The molecule has 0 aliphatic rings. The van der Waals surface area contributed by atoms with Gasteiger partial charge in [-0.15, -0.1) is 11.3 Å². The Hall–Kier alpha value is -4.43. The SMILES string of the molecule is COc1cc2ncnc(Nc3ccc(OCc4cccc(F)c4)c(Br)c3)c2cc1-c1csc(CCCN(C)CCS(=O)(=O)c2ccccc2)n1. The van der Waals surface area contributed by atoms with E-state index < -0.39 is 9.84 Å². The predicted octanol–water partition coefficient (Wildman–Crippen LogP) is 8.32. The van der Waals surface area contributed by atoms with Crippen molar-refractivity contribution in [2.75, 3.05) is 38.3 Å². The molecule has 6 aromatic rings. The summed E-state index contributed by atoms with van der Waals surface area (Å²) in [6.45, 7) is 1.45. The molecule has 0 bridgehead atoms. The van der Waals surface area contributed by atoms with Gasteiger partial charge in [0, 0.05) is 41.0 Å². The van der Waals surface area contributed by atoms with Crippen molar-refractivity contribution in [2.24, 2.45) is 0 Å². The molecule has 0 aliphatic carbocycles. The molecule has 13 heteroatoms. The second-order valence-electron chi connectivity index (χ2n) is 11.6. The average molecular weight is 777 g/mol. The number of ether oxygens (including phenoxy) is 2. The number of nitrogens with one attached hydrogen (secondary N) is 1. The first-order chi connectivity index (χ1) is 24.2. The van der Waals surface area contributed by atoms with Crippen LogP contribution >= 0.6 is 27.3 Å². The molecule has 2 aromatic heterocycles. The maximum Gasteiger partial charge on any atom is 0.179 e. The monoisotopic (exact) mass is 775 g/mol. The molecule has 0 unspecified atom stereocenters. The van der Waals surface area contributed by atoms with Gasteiger partial charge in [-0.25, -0.2) is 27.8 Å². The molecular formula is C37H35BrFN5O4S2. The van der Waals surface area contributed by atoms with Crippen LogP contribution in [-0.4, -0.2) is 61.3 Å². The lowest BCUT2D eigenvalue weighted by Crippen LogP contribution is -2.27. The Labute approximate surface area is 303 Å². The van der Waals surface area contributed by atoms with Gasteiger partial charge in [0.1, 0.15) is 36.1 Å². The van der Waals surface area contributed by atoms with E-state index in [1.807, 2.05) is 59.8 Å². The minimum absolute atomic E-state index is 0.0756. The molecule has 0 radical (unpaired) electrons. The number of hydrogen-bond acceptors (Lipinski definition) is 10. The first kappa shape index (κ1) is 35.4. The number of aromatic nitrogens is 3. The molecule has 1 N–H and O–H groups in total. The minimum Gasteiger partial charge on any atom is -0.496 e. The van der Waals surface area contributed by atoms with E-state index in [2.05, 4.69) is 31.2 Å². The Morgan fingerprint density at radius 3 is 2.58 bits per heavy atom. The van der Waals surface area contributed by atoms with E-state index >= 15 is 0 Å². The molecule has 0 saturated heterocycles. The number of rotatable bonds is 15. The number of methoxy groups -OCH3 is 1. The van der Waals surface area contributed by atoms with Gasteiger partial charge >= 0.3 is 0 Å². The number of sulfone groups is 1. The van der Waals surface area contributed by atoms with E-state index in [-0.39, 0.29) is 18.2 Å². The highest BCUT2D eigenvalue weighted by Crippen LogP contribution is 2.37. The van der Waals surface area contributed by atoms with Gasteiger partial charge in [-0.05, 0) is 90.0 Å². The Bertz CT molecular complexity index is 2200. The lowest BCUT2D eigenvalue weighted by Gasteiger charge is -2.16. The lowest BCUT2D eigenvalue weighted by atomic mass is 10.1. The Morgan fingerprint density at radius 1 is 0.960 bits per heavy atom. The van der Waals surface area contributed by atoms with Gasteiger partial charge in [-0.1, -0.05) is 30.3 Å². The molecule has 0 aliphatic heterocycles. The molecule has 258 valence electrons. The zero-order valence-electron chi connectivity index (χ0n) is 27.5. The van der Waals surface area contributed by atoms with Gasteiger partial charge in [0.15, 0.2) is 9.84 Å². The number of thiazole rings is 1. The Balaban J connectivity index is 1.11. The number of nitrogens with zero attached hydrogens (tertiary/aromatic N) is 4. The normalized spacial score (nSPS) is 11.6. The van der Waals surface area contributed by atoms with E-state index in [1.165, 1.54) is 18.5 Å². The highest BCUT2D eigenvalue weighted by atomic mass is 79.9. The summed E-state index contributed by atoms with van der Waals surface area (Å²) in [5.74, 6) is 1.67. The number of fused-ring (bicyclic) bond motifs is 1. The van der Waals surface area contributed by atoms with Crippen LogP contribution in [0, 0.1) is 5.82 Å². The summed E-state index contributed by atoms with van der Waals surface area (Å²) in [7, 11) is 0.255. The van der Waals surface area contributed by atoms with Crippen LogP contribution in [0.25, 0.3) is 22.2 Å². The van der Waals surface area contributed by atoms with Crippen LogP contribution in [-0.2, 0) is 22.9 Å². The predicted molar refractivity (Wildman–Crippen MR) is 200 cm³/mol. The van der Waals surface area contributed by atoms with E-state index in [1.54, 1.807) is 48.8 Å². The van der Waals surface area contributed by atoms with Crippen molar-refractivity contribution in [1.82, 2.24) is 19.9 Å². The summed E-state index contributed by atoms with van der Waals surface area (Å²) in [4.78, 5) is 16.3. The molecule has 0 spiro atoms. The zero-order valence-corrected chi connectivity index (χ0v) is 30.7. The fraction of sp³-hybridized carbons (Fsp3) is 0.216. The lowest BCUT2D eigenvalue weighted by molar-refractivity contribution is 0.303. The molecule has 0 fully saturated rings. The van der Waals surface area contributed by atoms with Gasteiger partial charge in [-0.2, -0.15) is 0 Å².